The number of aromatic carboxylic acids is 1. The van der Waals surface area contributed by atoms with Gasteiger partial charge in [-0.3, -0.25) is 9.36 Å². The highest BCUT2D eigenvalue weighted by molar-refractivity contribution is 6.13. The smallest absolute Gasteiger partial charge is 0.335 e. The van der Waals surface area contributed by atoms with Crippen LogP contribution in [-0.2, 0) is 0 Å². The normalized spacial score (nSPS) is 11.5. The molecule has 0 saturated carbocycles. The van der Waals surface area contributed by atoms with Crippen LogP contribution in [0.1, 0.15) is 44.3 Å². The van der Waals surface area contributed by atoms with Gasteiger partial charge in [0.25, 0.3) is 5.91 Å². The summed E-state index contributed by atoms with van der Waals surface area (Å²) < 4.78 is 1.77. The Morgan fingerprint density at radius 1 is 0.909 bits per heavy atom. The maximum absolute atomic E-state index is 12.5. The van der Waals surface area contributed by atoms with Crippen molar-refractivity contribution in [1.29, 1.82) is 0 Å². The first-order valence-electron chi connectivity index (χ1n) is 10.4. The number of aryl methyl sites for hydroxylation is 2. The SMILES string of the molecule is C/C(=N\NC(=O)c1ccc(C(=O)O)cc1)c1c(O)n(-c2ccc(C)c(C)c2)c2ccccc12. The highest BCUT2D eigenvalue weighted by Gasteiger charge is 2.20. The van der Waals surface area contributed by atoms with Crippen molar-refractivity contribution >= 4 is 28.5 Å². The molecule has 33 heavy (non-hydrogen) atoms. The number of hydrazone groups is 1. The molecule has 0 bridgehead atoms. The minimum Gasteiger partial charge on any atom is -0.494 e. The van der Waals surface area contributed by atoms with E-state index >= 15 is 0 Å². The van der Waals surface area contributed by atoms with Crippen LogP contribution in [0.3, 0.4) is 0 Å². The third-order valence-electron chi connectivity index (χ3n) is 5.68. The summed E-state index contributed by atoms with van der Waals surface area (Å²) in [5.41, 5.74) is 7.72. The third kappa shape index (κ3) is 4.08. The van der Waals surface area contributed by atoms with E-state index < -0.39 is 11.9 Å². The number of aromatic hydroxyl groups is 1. The lowest BCUT2D eigenvalue weighted by atomic mass is 10.1. The van der Waals surface area contributed by atoms with Crippen molar-refractivity contribution in [1.82, 2.24) is 9.99 Å². The number of fused-ring (bicyclic) bond motifs is 1. The van der Waals surface area contributed by atoms with E-state index in [2.05, 4.69) is 10.5 Å². The van der Waals surface area contributed by atoms with Crippen LogP contribution in [0.4, 0.5) is 0 Å². The molecule has 3 N–H and O–H groups in total. The molecule has 0 spiro atoms. The van der Waals surface area contributed by atoms with Gasteiger partial charge < -0.3 is 10.2 Å². The van der Waals surface area contributed by atoms with Crippen molar-refractivity contribution in [2.45, 2.75) is 20.8 Å². The summed E-state index contributed by atoms with van der Waals surface area (Å²) in [6.45, 7) is 5.76. The number of nitrogens with zero attached hydrogens (tertiary/aromatic N) is 2. The lowest BCUT2D eigenvalue weighted by Crippen LogP contribution is -2.19. The average Bonchev–Trinajstić information content (AvgIpc) is 3.11. The molecule has 0 aliphatic carbocycles. The molecule has 4 aromatic rings. The van der Waals surface area contributed by atoms with Gasteiger partial charge in [-0.05, 0) is 74.4 Å². The quantitative estimate of drug-likeness (QED) is 0.305. The molecule has 0 radical (unpaired) electrons. The Bertz CT molecular complexity index is 1420. The molecule has 7 heteroatoms. The zero-order valence-corrected chi connectivity index (χ0v) is 18.5. The lowest BCUT2D eigenvalue weighted by Gasteiger charge is -2.10. The van der Waals surface area contributed by atoms with E-state index in [-0.39, 0.29) is 17.0 Å². The fourth-order valence-electron chi connectivity index (χ4n) is 3.73. The zero-order valence-electron chi connectivity index (χ0n) is 18.5. The number of para-hydroxylation sites is 1. The summed E-state index contributed by atoms with van der Waals surface area (Å²) in [4.78, 5) is 23.5. The summed E-state index contributed by atoms with van der Waals surface area (Å²) in [6.07, 6.45) is 0. The number of hydrogen-bond acceptors (Lipinski definition) is 4. The Balaban J connectivity index is 1.71. The van der Waals surface area contributed by atoms with E-state index in [0.717, 1.165) is 27.7 Å². The Labute approximate surface area is 190 Å². The van der Waals surface area contributed by atoms with Crippen LogP contribution in [0, 0.1) is 13.8 Å². The van der Waals surface area contributed by atoms with E-state index in [1.807, 2.05) is 56.3 Å². The van der Waals surface area contributed by atoms with Crippen LogP contribution in [0.2, 0.25) is 0 Å². The Kier molecular flexibility index (Phi) is 5.70. The molecule has 1 amide bonds. The molecule has 0 unspecified atom stereocenters. The number of carbonyl (C=O) groups is 2. The largest absolute Gasteiger partial charge is 0.494 e. The van der Waals surface area contributed by atoms with Crippen LogP contribution in [0.5, 0.6) is 5.88 Å². The summed E-state index contributed by atoms with van der Waals surface area (Å²) >= 11 is 0. The van der Waals surface area contributed by atoms with E-state index in [1.165, 1.54) is 24.3 Å². The summed E-state index contributed by atoms with van der Waals surface area (Å²) in [7, 11) is 0. The average molecular weight is 441 g/mol. The molecule has 0 aliphatic heterocycles. The van der Waals surface area contributed by atoms with Crippen LogP contribution >= 0.6 is 0 Å². The van der Waals surface area contributed by atoms with Crippen LogP contribution < -0.4 is 5.43 Å². The van der Waals surface area contributed by atoms with Crippen molar-refractivity contribution in [3.05, 3.63) is 94.5 Å². The molecule has 1 heterocycles. The molecule has 1 aromatic heterocycles. The van der Waals surface area contributed by atoms with Crippen LogP contribution in [0.25, 0.3) is 16.6 Å². The second-order valence-corrected chi connectivity index (χ2v) is 7.84. The molecular weight excluding hydrogens is 418 g/mol. The number of carbonyl (C=O) groups excluding carboxylic acids is 1. The lowest BCUT2D eigenvalue weighted by molar-refractivity contribution is 0.0696. The van der Waals surface area contributed by atoms with Gasteiger partial charge in [-0.2, -0.15) is 5.10 Å². The van der Waals surface area contributed by atoms with E-state index in [0.29, 0.717) is 11.3 Å². The number of aromatic nitrogens is 1. The number of nitrogens with one attached hydrogen (secondary N) is 1. The molecule has 7 nitrogen and oxygen atoms in total. The van der Waals surface area contributed by atoms with E-state index in [4.69, 9.17) is 5.11 Å². The Morgan fingerprint density at radius 3 is 2.24 bits per heavy atom. The fourth-order valence-corrected chi connectivity index (χ4v) is 3.73. The molecule has 4 rings (SSSR count). The van der Waals surface area contributed by atoms with Crippen molar-refractivity contribution in [3.8, 4) is 11.6 Å². The Hall–Kier alpha value is -4.39. The first kappa shape index (κ1) is 21.8. The van der Waals surface area contributed by atoms with Crippen molar-refractivity contribution in [3.63, 3.8) is 0 Å². The van der Waals surface area contributed by atoms with Crippen molar-refractivity contribution < 1.29 is 19.8 Å². The van der Waals surface area contributed by atoms with Gasteiger partial charge in [-0.15, -0.1) is 0 Å². The van der Waals surface area contributed by atoms with Gasteiger partial charge >= 0.3 is 5.97 Å². The molecule has 0 saturated heterocycles. The third-order valence-corrected chi connectivity index (χ3v) is 5.68. The first-order chi connectivity index (χ1) is 15.8. The van der Waals surface area contributed by atoms with Crippen LogP contribution in [0.15, 0.2) is 71.8 Å². The second-order valence-electron chi connectivity index (χ2n) is 7.84. The van der Waals surface area contributed by atoms with Gasteiger partial charge in [0.1, 0.15) is 0 Å². The predicted molar refractivity (Wildman–Crippen MR) is 127 cm³/mol. The molecule has 166 valence electrons. The molecule has 3 aromatic carbocycles. The van der Waals surface area contributed by atoms with Gasteiger partial charge in [0.05, 0.1) is 22.4 Å². The molecular formula is C26H23N3O4. The minimum absolute atomic E-state index is 0.0285. The summed E-state index contributed by atoms with van der Waals surface area (Å²) in [5, 5.41) is 25.2. The maximum Gasteiger partial charge on any atom is 0.335 e. The van der Waals surface area contributed by atoms with Gasteiger partial charge in [0.2, 0.25) is 5.88 Å². The van der Waals surface area contributed by atoms with E-state index in [9.17, 15) is 14.7 Å². The first-order valence-corrected chi connectivity index (χ1v) is 10.4. The number of hydrogen-bond donors (Lipinski definition) is 3. The minimum atomic E-state index is -1.06. The second kappa shape index (κ2) is 8.63. The molecule has 0 fully saturated rings. The highest BCUT2D eigenvalue weighted by Crippen LogP contribution is 2.35. The van der Waals surface area contributed by atoms with Gasteiger partial charge in [0, 0.05) is 16.6 Å². The molecule has 0 aliphatic rings. The van der Waals surface area contributed by atoms with Crippen LogP contribution in [-0.4, -0.2) is 32.4 Å². The topological polar surface area (TPSA) is 104 Å². The predicted octanol–water partition coefficient (Wildman–Crippen LogP) is 4.81. The standard InChI is InChI=1S/C26H23N3O4/c1-15-8-13-20(14-16(15)2)29-22-7-5-4-6-21(22)23(25(29)31)17(3)27-28-24(30)18-9-11-19(12-10-18)26(32)33/h4-14,31H,1-3H3,(H,28,30)(H,32,33)/b27-17+. The van der Waals surface area contributed by atoms with Gasteiger partial charge in [-0.25, -0.2) is 10.2 Å². The fraction of sp³-hybridized carbons (Fsp3) is 0.115. The van der Waals surface area contributed by atoms with Crippen molar-refractivity contribution in [2.24, 2.45) is 5.10 Å². The summed E-state index contributed by atoms with van der Waals surface area (Å²) in [5.74, 6) is -1.52. The van der Waals surface area contributed by atoms with E-state index in [1.54, 1.807) is 11.5 Å². The monoisotopic (exact) mass is 441 g/mol. The Morgan fingerprint density at radius 2 is 1.58 bits per heavy atom. The number of rotatable bonds is 5. The highest BCUT2D eigenvalue weighted by atomic mass is 16.4. The van der Waals surface area contributed by atoms with Gasteiger partial charge in [0.15, 0.2) is 0 Å². The van der Waals surface area contributed by atoms with Gasteiger partial charge in [-0.1, -0.05) is 24.3 Å². The number of carboxylic acids is 1. The van der Waals surface area contributed by atoms with Crippen molar-refractivity contribution in [2.75, 3.05) is 0 Å². The number of carboxylic acid groups (broad SMARTS) is 1. The number of benzene rings is 3. The molecule has 0 atom stereocenters. The maximum atomic E-state index is 12.5. The number of amides is 1. The zero-order chi connectivity index (χ0) is 23.7. The summed E-state index contributed by atoms with van der Waals surface area (Å²) in [6, 6.07) is 19.1.